The highest BCUT2D eigenvalue weighted by atomic mass is 16.7. The predicted molar refractivity (Wildman–Crippen MR) is 79.5 cm³/mol. The van der Waals surface area contributed by atoms with Crippen LogP contribution in [0.3, 0.4) is 0 Å². The fourth-order valence-corrected chi connectivity index (χ4v) is 2.65. The average molecular weight is 301 g/mol. The van der Waals surface area contributed by atoms with E-state index in [9.17, 15) is 4.79 Å². The van der Waals surface area contributed by atoms with Crippen molar-refractivity contribution in [1.82, 2.24) is 25.1 Å². The molecule has 7 nitrogen and oxygen atoms in total. The molecule has 3 rings (SSSR count). The Morgan fingerprint density at radius 3 is 3.00 bits per heavy atom. The first-order valence-corrected chi connectivity index (χ1v) is 7.37. The first-order valence-electron chi connectivity index (χ1n) is 7.37. The molecule has 1 saturated heterocycles. The third kappa shape index (κ3) is 3.62. The molecule has 1 aliphatic rings. The van der Waals surface area contributed by atoms with Gasteiger partial charge in [-0.05, 0) is 18.4 Å². The quantitative estimate of drug-likeness (QED) is 0.851. The number of hydroxylamine groups is 1. The molecule has 1 aromatic carbocycles. The Morgan fingerprint density at radius 2 is 2.23 bits per heavy atom. The molecule has 22 heavy (non-hydrogen) atoms. The number of nitrogens with one attached hydrogen (secondary N) is 1. The number of aromatic nitrogens is 3. The van der Waals surface area contributed by atoms with Gasteiger partial charge in [0.2, 0.25) is 0 Å². The van der Waals surface area contributed by atoms with Gasteiger partial charge < -0.3 is 4.90 Å². The minimum atomic E-state index is -0.196. The van der Waals surface area contributed by atoms with E-state index in [0.717, 1.165) is 24.9 Å². The van der Waals surface area contributed by atoms with Crippen molar-refractivity contribution in [3.8, 4) is 0 Å². The van der Waals surface area contributed by atoms with Crippen molar-refractivity contribution in [2.75, 3.05) is 6.54 Å². The predicted octanol–water partition coefficient (Wildman–Crippen LogP) is 1.58. The number of carbonyl (C=O) groups excluding carboxylic acids is 1. The zero-order valence-corrected chi connectivity index (χ0v) is 12.3. The summed E-state index contributed by atoms with van der Waals surface area (Å²) in [5.74, 6) is 0. The number of carbonyl (C=O) groups is 1. The van der Waals surface area contributed by atoms with Crippen molar-refractivity contribution in [3.05, 3.63) is 48.5 Å². The highest BCUT2D eigenvalue weighted by Crippen LogP contribution is 2.18. The molecule has 0 radical (unpaired) electrons. The number of hydrogen-bond acceptors (Lipinski definition) is 4. The van der Waals surface area contributed by atoms with Gasteiger partial charge >= 0.3 is 6.03 Å². The summed E-state index contributed by atoms with van der Waals surface area (Å²) in [6, 6.07) is 9.66. The van der Waals surface area contributed by atoms with Crippen molar-refractivity contribution in [2.45, 2.75) is 32.0 Å². The van der Waals surface area contributed by atoms with Gasteiger partial charge in [0.1, 0.15) is 12.7 Å². The van der Waals surface area contributed by atoms with E-state index in [2.05, 4.69) is 15.6 Å². The van der Waals surface area contributed by atoms with E-state index in [1.165, 1.54) is 6.33 Å². The Kier molecular flexibility index (Phi) is 4.65. The molecule has 1 aliphatic heterocycles. The van der Waals surface area contributed by atoms with Crippen molar-refractivity contribution in [2.24, 2.45) is 0 Å². The van der Waals surface area contributed by atoms with Crippen molar-refractivity contribution >= 4 is 6.03 Å². The van der Waals surface area contributed by atoms with Crippen LogP contribution in [0.2, 0.25) is 0 Å². The molecule has 2 heterocycles. The number of hydrogen-bond donors (Lipinski definition) is 1. The van der Waals surface area contributed by atoms with Crippen LogP contribution < -0.4 is 5.48 Å². The Bertz CT molecular complexity index is 587. The van der Waals surface area contributed by atoms with Gasteiger partial charge in [0.15, 0.2) is 0 Å². The van der Waals surface area contributed by atoms with Gasteiger partial charge in [-0.1, -0.05) is 30.3 Å². The van der Waals surface area contributed by atoms with E-state index in [-0.39, 0.29) is 12.1 Å². The van der Waals surface area contributed by atoms with Crippen LogP contribution >= 0.6 is 0 Å². The van der Waals surface area contributed by atoms with Crippen LogP contribution in [0.15, 0.2) is 43.0 Å². The number of benzene rings is 1. The highest BCUT2D eigenvalue weighted by Gasteiger charge is 2.29. The third-order valence-electron chi connectivity index (χ3n) is 3.74. The van der Waals surface area contributed by atoms with Crippen molar-refractivity contribution in [3.63, 3.8) is 0 Å². The number of urea groups is 1. The van der Waals surface area contributed by atoms with Gasteiger partial charge in [-0.3, -0.25) is 9.52 Å². The van der Waals surface area contributed by atoms with E-state index in [0.29, 0.717) is 13.2 Å². The van der Waals surface area contributed by atoms with Crippen molar-refractivity contribution in [1.29, 1.82) is 0 Å². The minimum Gasteiger partial charge on any atom is -0.318 e. The van der Waals surface area contributed by atoms with Gasteiger partial charge in [-0.15, -0.1) is 0 Å². The maximum absolute atomic E-state index is 12.2. The van der Waals surface area contributed by atoms with E-state index in [1.807, 2.05) is 30.3 Å². The number of rotatable bonds is 5. The summed E-state index contributed by atoms with van der Waals surface area (Å²) in [5, 5.41) is 4.09. The molecule has 0 saturated carbocycles. The number of nitrogens with zero attached hydrogens (tertiary/aromatic N) is 4. The van der Waals surface area contributed by atoms with Gasteiger partial charge in [0, 0.05) is 6.54 Å². The molecule has 1 N–H and O–H groups in total. The maximum Gasteiger partial charge on any atom is 0.341 e. The molecule has 0 bridgehead atoms. The van der Waals surface area contributed by atoms with Gasteiger partial charge in [-0.25, -0.2) is 15.3 Å². The summed E-state index contributed by atoms with van der Waals surface area (Å²) >= 11 is 0. The van der Waals surface area contributed by atoms with Crippen LogP contribution in [0.1, 0.15) is 18.4 Å². The third-order valence-corrected chi connectivity index (χ3v) is 3.74. The second-order valence-corrected chi connectivity index (χ2v) is 5.29. The minimum absolute atomic E-state index is 0.127. The van der Waals surface area contributed by atoms with Crippen molar-refractivity contribution < 1.29 is 9.63 Å². The zero-order valence-electron chi connectivity index (χ0n) is 12.3. The fraction of sp³-hybridized carbons (Fsp3) is 0.400. The molecular weight excluding hydrogens is 282 g/mol. The molecule has 0 spiro atoms. The summed E-state index contributed by atoms with van der Waals surface area (Å²) in [6.07, 6.45) is 5.13. The highest BCUT2D eigenvalue weighted by molar-refractivity contribution is 5.73. The Labute approximate surface area is 128 Å². The molecule has 1 atom stereocenters. The SMILES string of the molecule is O=C(NOCc1ccccc1)N1CCCC1Cn1cncn1. The van der Waals surface area contributed by atoms with Crippen LogP contribution in [0.25, 0.3) is 0 Å². The van der Waals surface area contributed by atoms with E-state index < -0.39 is 0 Å². The van der Waals surface area contributed by atoms with Gasteiger partial charge in [0.25, 0.3) is 0 Å². The second-order valence-electron chi connectivity index (χ2n) is 5.29. The Hall–Kier alpha value is -2.41. The van der Waals surface area contributed by atoms with Crippen LogP contribution in [0.5, 0.6) is 0 Å². The van der Waals surface area contributed by atoms with Crippen LogP contribution in [0, 0.1) is 0 Å². The second kappa shape index (κ2) is 7.04. The number of likely N-dealkylation sites (tertiary alicyclic amines) is 1. The molecule has 1 unspecified atom stereocenters. The van der Waals surface area contributed by atoms with E-state index in [4.69, 9.17) is 4.84 Å². The molecular formula is C15H19N5O2. The topological polar surface area (TPSA) is 72.3 Å². The summed E-state index contributed by atoms with van der Waals surface area (Å²) in [5.41, 5.74) is 3.54. The zero-order chi connectivity index (χ0) is 15.2. The lowest BCUT2D eigenvalue weighted by Gasteiger charge is -2.24. The lowest BCUT2D eigenvalue weighted by molar-refractivity contribution is 0.0344. The Morgan fingerprint density at radius 1 is 1.36 bits per heavy atom. The molecule has 2 aromatic rings. The molecule has 1 fully saturated rings. The summed E-state index contributed by atoms with van der Waals surface area (Å²) in [7, 11) is 0. The molecule has 2 amide bonds. The molecule has 116 valence electrons. The largest absolute Gasteiger partial charge is 0.341 e. The average Bonchev–Trinajstić information content (AvgIpc) is 3.20. The lowest BCUT2D eigenvalue weighted by atomic mass is 10.2. The smallest absolute Gasteiger partial charge is 0.318 e. The first-order chi connectivity index (χ1) is 10.8. The standard InChI is InChI=1S/C15H19N5O2/c21-15(18-22-10-13-5-2-1-3-6-13)20-8-4-7-14(20)9-19-12-16-11-17-19/h1-3,5-6,11-12,14H,4,7-10H2,(H,18,21). The maximum atomic E-state index is 12.2. The lowest BCUT2D eigenvalue weighted by Crippen LogP contribution is -2.44. The van der Waals surface area contributed by atoms with Crippen LogP contribution in [-0.2, 0) is 18.0 Å². The van der Waals surface area contributed by atoms with Gasteiger partial charge in [0.05, 0.1) is 19.2 Å². The van der Waals surface area contributed by atoms with Crippen LogP contribution in [0.4, 0.5) is 4.79 Å². The number of amides is 2. The monoisotopic (exact) mass is 301 g/mol. The summed E-state index contributed by atoms with van der Waals surface area (Å²) in [6.45, 7) is 1.75. The normalized spacial score (nSPS) is 17.6. The summed E-state index contributed by atoms with van der Waals surface area (Å²) in [4.78, 5) is 23.2. The molecule has 0 aliphatic carbocycles. The molecule has 7 heteroatoms. The van der Waals surface area contributed by atoms with Crippen LogP contribution in [-0.4, -0.2) is 38.3 Å². The first kappa shape index (κ1) is 14.5. The van der Waals surface area contributed by atoms with E-state index >= 15 is 0 Å². The Balaban J connectivity index is 1.48. The van der Waals surface area contributed by atoms with Gasteiger partial charge in [-0.2, -0.15) is 5.10 Å². The molecule has 1 aromatic heterocycles. The fourth-order valence-electron chi connectivity index (χ4n) is 2.65. The summed E-state index contributed by atoms with van der Waals surface area (Å²) < 4.78 is 1.75. The van der Waals surface area contributed by atoms with E-state index in [1.54, 1.807) is 15.9 Å².